The average molecular weight is 558 g/mol. The Balaban J connectivity index is 1.53. The number of methoxy groups -OCH3 is 1. The van der Waals surface area contributed by atoms with Crippen LogP contribution in [0.1, 0.15) is 59.6 Å². The van der Waals surface area contributed by atoms with Gasteiger partial charge >= 0.3 is 5.97 Å². The third-order valence-corrected chi connectivity index (χ3v) is 7.45. The predicted molar refractivity (Wildman–Crippen MR) is 150 cm³/mol. The van der Waals surface area contributed by atoms with E-state index in [1.165, 1.54) is 28.8 Å². The lowest BCUT2D eigenvalue weighted by atomic mass is 9.94. The molecule has 0 aliphatic heterocycles. The van der Waals surface area contributed by atoms with Crippen molar-refractivity contribution < 1.29 is 23.5 Å². The van der Waals surface area contributed by atoms with Crippen molar-refractivity contribution in [3.8, 4) is 0 Å². The van der Waals surface area contributed by atoms with E-state index in [4.69, 9.17) is 4.74 Å². The second-order valence-electron chi connectivity index (χ2n) is 10.2. The highest BCUT2D eigenvalue weighted by Crippen LogP contribution is 2.27. The van der Waals surface area contributed by atoms with Crippen LogP contribution in [0.25, 0.3) is 11.0 Å². The predicted octanol–water partition coefficient (Wildman–Crippen LogP) is 4.58. The fourth-order valence-electron chi connectivity index (χ4n) is 5.28. The lowest BCUT2D eigenvalue weighted by Gasteiger charge is -2.33. The number of carbonyl (C=O) groups is 3. The van der Waals surface area contributed by atoms with E-state index in [0.29, 0.717) is 27.7 Å². The fourth-order valence-corrected chi connectivity index (χ4v) is 5.28. The van der Waals surface area contributed by atoms with Crippen LogP contribution in [-0.2, 0) is 27.4 Å². The SMILES string of the molecule is COC(=O)c1ccc([C@@H](C(=O)NC2CCCCC2)N(Cc2ccc(F)cc2)C(=O)Cn2nnc3ccccc32)cc1. The van der Waals surface area contributed by atoms with Gasteiger partial charge in [-0.15, -0.1) is 5.10 Å². The number of aromatic nitrogens is 3. The van der Waals surface area contributed by atoms with Gasteiger partial charge in [0.05, 0.1) is 18.2 Å². The smallest absolute Gasteiger partial charge is 0.337 e. The van der Waals surface area contributed by atoms with Gasteiger partial charge in [0.25, 0.3) is 0 Å². The molecule has 41 heavy (non-hydrogen) atoms. The van der Waals surface area contributed by atoms with Gasteiger partial charge < -0.3 is 15.0 Å². The number of carbonyl (C=O) groups excluding carboxylic acids is 3. The van der Waals surface area contributed by atoms with Crippen LogP contribution in [-0.4, -0.2) is 50.8 Å². The van der Waals surface area contributed by atoms with E-state index in [1.807, 2.05) is 24.3 Å². The summed E-state index contributed by atoms with van der Waals surface area (Å²) in [6.07, 6.45) is 4.93. The quantitative estimate of drug-likeness (QED) is 0.302. The summed E-state index contributed by atoms with van der Waals surface area (Å²) in [5.41, 5.74) is 2.85. The lowest BCUT2D eigenvalue weighted by Crippen LogP contribution is -2.47. The van der Waals surface area contributed by atoms with Crippen LogP contribution >= 0.6 is 0 Å². The molecule has 3 aromatic carbocycles. The molecule has 0 spiro atoms. The zero-order valence-corrected chi connectivity index (χ0v) is 22.8. The Morgan fingerprint density at radius 3 is 2.41 bits per heavy atom. The summed E-state index contributed by atoms with van der Waals surface area (Å²) in [6, 6.07) is 18.6. The molecule has 1 atom stereocenters. The van der Waals surface area contributed by atoms with Crippen molar-refractivity contribution in [2.24, 2.45) is 0 Å². The number of hydrogen-bond donors (Lipinski definition) is 1. The first kappa shape index (κ1) is 27.9. The summed E-state index contributed by atoms with van der Waals surface area (Å²) in [5, 5.41) is 11.5. The van der Waals surface area contributed by atoms with E-state index in [0.717, 1.165) is 32.1 Å². The van der Waals surface area contributed by atoms with Gasteiger partial charge in [0.15, 0.2) is 0 Å². The van der Waals surface area contributed by atoms with Crippen LogP contribution in [0.5, 0.6) is 0 Å². The average Bonchev–Trinajstić information content (AvgIpc) is 3.41. The Bertz CT molecular complexity index is 1510. The van der Waals surface area contributed by atoms with E-state index in [-0.39, 0.29) is 30.9 Å². The molecule has 10 heteroatoms. The second-order valence-corrected chi connectivity index (χ2v) is 10.2. The summed E-state index contributed by atoms with van der Waals surface area (Å²) in [5.74, 6) is -1.59. The van der Waals surface area contributed by atoms with Gasteiger partial charge in [0.1, 0.15) is 23.9 Å². The molecule has 2 amide bonds. The number of amides is 2. The number of benzene rings is 3. The highest BCUT2D eigenvalue weighted by Gasteiger charge is 2.33. The Morgan fingerprint density at radius 2 is 1.71 bits per heavy atom. The van der Waals surface area contributed by atoms with Gasteiger partial charge in [-0.2, -0.15) is 0 Å². The summed E-state index contributed by atoms with van der Waals surface area (Å²) in [7, 11) is 1.30. The molecule has 0 saturated heterocycles. The molecule has 5 rings (SSSR count). The van der Waals surface area contributed by atoms with Crippen LogP contribution in [0, 0.1) is 5.82 Å². The Labute approximate surface area is 237 Å². The zero-order chi connectivity index (χ0) is 28.8. The number of fused-ring (bicyclic) bond motifs is 1. The molecule has 1 heterocycles. The minimum atomic E-state index is -1.02. The molecule has 1 aromatic heterocycles. The first-order valence-electron chi connectivity index (χ1n) is 13.7. The Kier molecular flexibility index (Phi) is 8.67. The third kappa shape index (κ3) is 6.59. The second kappa shape index (κ2) is 12.7. The highest BCUT2D eigenvalue weighted by atomic mass is 19.1. The summed E-state index contributed by atoms with van der Waals surface area (Å²) in [4.78, 5) is 41.6. The van der Waals surface area contributed by atoms with Gasteiger partial charge in [-0.05, 0) is 60.4 Å². The molecule has 0 unspecified atom stereocenters. The number of nitrogens with one attached hydrogen (secondary N) is 1. The lowest BCUT2D eigenvalue weighted by molar-refractivity contribution is -0.142. The Morgan fingerprint density at radius 1 is 1.00 bits per heavy atom. The largest absolute Gasteiger partial charge is 0.465 e. The zero-order valence-electron chi connectivity index (χ0n) is 22.8. The van der Waals surface area contributed by atoms with Gasteiger partial charge in [-0.3, -0.25) is 9.59 Å². The van der Waals surface area contributed by atoms with Crippen LogP contribution < -0.4 is 5.32 Å². The van der Waals surface area contributed by atoms with Crippen molar-refractivity contribution in [1.29, 1.82) is 0 Å². The van der Waals surface area contributed by atoms with Crippen molar-refractivity contribution in [2.75, 3.05) is 7.11 Å². The van der Waals surface area contributed by atoms with Crippen LogP contribution in [0.2, 0.25) is 0 Å². The van der Waals surface area contributed by atoms with Crippen molar-refractivity contribution in [3.63, 3.8) is 0 Å². The molecule has 0 radical (unpaired) electrons. The molecule has 1 fully saturated rings. The number of nitrogens with zero attached hydrogens (tertiary/aromatic N) is 4. The number of ether oxygens (including phenoxy) is 1. The van der Waals surface area contributed by atoms with Crippen LogP contribution in [0.15, 0.2) is 72.8 Å². The Hall–Kier alpha value is -4.60. The third-order valence-electron chi connectivity index (χ3n) is 7.45. The molecular weight excluding hydrogens is 525 g/mol. The normalized spacial score (nSPS) is 14.4. The van der Waals surface area contributed by atoms with Crippen LogP contribution in [0.3, 0.4) is 0 Å². The molecule has 9 nitrogen and oxygen atoms in total. The maximum atomic E-state index is 14.1. The van der Waals surface area contributed by atoms with Gasteiger partial charge in [-0.1, -0.05) is 60.9 Å². The van der Waals surface area contributed by atoms with Crippen LogP contribution in [0.4, 0.5) is 4.39 Å². The maximum Gasteiger partial charge on any atom is 0.337 e. The maximum absolute atomic E-state index is 14.1. The molecule has 4 aromatic rings. The van der Waals surface area contributed by atoms with Crippen molar-refractivity contribution in [3.05, 3.63) is 95.3 Å². The molecule has 0 bridgehead atoms. The number of hydrogen-bond acceptors (Lipinski definition) is 6. The molecule has 212 valence electrons. The minimum Gasteiger partial charge on any atom is -0.465 e. The van der Waals surface area contributed by atoms with E-state index in [1.54, 1.807) is 36.4 Å². The standard InChI is InChI=1S/C31H32FN5O4/c1-41-31(40)23-15-13-22(14-16-23)29(30(39)33-25-7-3-2-4-8-25)36(19-21-11-17-24(32)18-12-21)28(38)20-37-27-10-6-5-9-26(27)34-35-37/h5-6,9-18,25,29H,2-4,7-8,19-20H2,1H3,(H,33,39)/t29-/m0/s1. The fraction of sp³-hybridized carbons (Fsp3) is 0.323. The van der Waals surface area contributed by atoms with E-state index >= 15 is 0 Å². The van der Waals surface area contributed by atoms with Gasteiger partial charge in [0.2, 0.25) is 11.8 Å². The van der Waals surface area contributed by atoms with Gasteiger partial charge in [0, 0.05) is 12.6 Å². The summed E-state index contributed by atoms with van der Waals surface area (Å²) >= 11 is 0. The summed E-state index contributed by atoms with van der Waals surface area (Å²) < 4.78 is 20.1. The first-order valence-corrected chi connectivity index (χ1v) is 13.7. The molecule has 1 N–H and O–H groups in total. The van der Waals surface area contributed by atoms with E-state index < -0.39 is 17.8 Å². The van der Waals surface area contributed by atoms with Gasteiger partial charge in [-0.25, -0.2) is 13.9 Å². The first-order chi connectivity index (χ1) is 19.9. The van der Waals surface area contributed by atoms with Crippen molar-refractivity contribution in [1.82, 2.24) is 25.2 Å². The molecule has 1 aliphatic rings. The van der Waals surface area contributed by atoms with E-state index in [9.17, 15) is 18.8 Å². The summed E-state index contributed by atoms with van der Waals surface area (Å²) in [6.45, 7) is -0.109. The number of halogens is 1. The number of esters is 1. The van der Waals surface area contributed by atoms with Crippen molar-refractivity contribution >= 4 is 28.8 Å². The minimum absolute atomic E-state index is 0.00937. The van der Waals surface area contributed by atoms with Crippen molar-refractivity contribution in [2.45, 2.75) is 57.3 Å². The highest BCUT2D eigenvalue weighted by molar-refractivity contribution is 5.91. The molecular formula is C31H32FN5O4. The molecule has 1 saturated carbocycles. The number of para-hydroxylation sites is 1. The topological polar surface area (TPSA) is 106 Å². The van der Waals surface area contributed by atoms with E-state index in [2.05, 4.69) is 15.6 Å². The molecule has 1 aliphatic carbocycles. The number of rotatable bonds is 9. The monoisotopic (exact) mass is 557 g/mol.